The van der Waals surface area contributed by atoms with E-state index in [9.17, 15) is 9.59 Å². The molecule has 0 heterocycles. The van der Waals surface area contributed by atoms with Gasteiger partial charge in [-0.3, -0.25) is 9.59 Å². The van der Waals surface area contributed by atoms with E-state index in [1.54, 1.807) is 23.1 Å². The Hall–Kier alpha value is -2.18. The van der Waals surface area contributed by atoms with Crippen LogP contribution in [0.25, 0.3) is 0 Å². The normalized spacial score (nSPS) is 12.2. The summed E-state index contributed by atoms with van der Waals surface area (Å²) in [5.41, 5.74) is 2.12. The molecule has 196 valence electrons. The quantitative estimate of drug-likeness (QED) is 0.272. The van der Waals surface area contributed by atoms with Crippen LogP contribution in [-0.2, 0) is 28.3 Å². The van der Waals surface area contributed by atoms with E-state index in [4.69, 9.17) is 34.8 Å². The molecule has 0 fully saturated rings. The summed E-state index contributed by atoms with van der Waals surface area (Å²) >= 11 is 20.6. The van der Waals surface area contributed by atoms with Crippen LogP contribution in [0.3, 0.4) is 0 Å². The molecule has 0 bridgehead atoms. The van der Waals surface area contributed by atoms with Crippen molar-refractivity contribution in [3.63, 3.8) is 0 Å². The first-order chi connectivity index (χ1) is 17.5. The molecule has 0 aromatic heterocycles. The summed E-state index contributed by atoms with van der Waals surface area (Å²) in [6.07, 6.45) is 0.357. The minimum Gasteiger partial charge on any atom is -0.350 e. The Morgan fingerprint density at radius 3 is 2.14 bits per heavy atom. The molecule has 8 heteroatoms. The number of carbonyl (C=O) groups is 2. The minimum absolute atomic E-state index is 0.115. The Labute approximate surface area is 238 Å². The van der Waals surface area contributed by atoms with Gasteiger partial charge in [-0.25, -0.2) is 0 Å². The number of hydrogen-bond donors (Lipinski definition) is 1. The van der Waals surface area contributed by atoms with Gasteiger partial charge < -0.3 is 10.2 Å². The summed E-state index contributed by atoms with van der Waals surface area (Å²) in [5, 5.41) is 4.61. The maximum absolute atomic E-state index is 13.7. The average Bonchev–Trinajstić information content (AvgIpc) is 2.82. The Balaban J connectivity index is 1.92. The molecule has 3 aromatic rings. The summed E-state index contributed by atoms with van der Waals surface area (Å²) in [7, 11) is 0. The van der Waals surface area contributed by atoms with E-state index in [1.807, 2.05) is 75.4 Å². The number of rotatable bonds is 10. The van der Waals surface area contributed by atoms with Crippen molar-refractivity contribution < 1.29 is 9.59 Å². The largest absolute Gasteiger partial charge is 0.350 e. The Bertz CT molecular complexity index is 1200. The lowest BCUT2D eigenvalue weighted by atomic mass is 10.0. The first-order valence-corrected chi connectivity index (χ1v) is 14.2. The summed E-state index contributed by atoms with van der Waals surface area (Å²) < 4.78 is 0. The van der Waals surface area contributed by atoms with Crippen molar-refractivity contribution in [2.45, 2.75) is 51.1 Å². The van der Waals surface area contributed by atoms with Gasteiger partial charge in [0, 0.05) is 44.9 Å². The molecule has 37 heavy (non-hydrogen) atoms. The molecule has 0 aliphatic carbocycles. The zero-order chi connectivity index (χ0) is 27.0. The second kappa shape index (κ2) is 13.6. The van der Waals surface area contributed by atoms with Gasteiger partial charge >= 0.3 is 0 Å². The highest BCUT2D eigenvalue weighted by atomic mass is 35.5. The van der Waals surface area contributed by atoms with Crippen LogP contribution < -0.4 is 5.32 Å². The number of carbonyl (C=O) groups excluding carboxylic acids is 2. The van der Waals surface area contributed by atoms with E-state index in [-0.39, 0.29) is 24.1 Å². The molecule has 1 N–H and O–H groups in total. The third-order valence-corrected chi connectivity index (χ3v) is 7.47. The van der Waals surface area contributed by atoms with Crippen molar-refractivity contribution in [2.24, 2.45) is 0 Å². The van der Waals surface area contributed by atoms with Crippen LogP contribution in [0.5, 0.6) is 0 Å². The predicted octanol–water partition coefficient (Wildman–Crippen LogP) is 7.43. The third-order valence-electron chi connectivity index (χ3n) is 5.54. The number of amides is 2. The highest BCUT2D eigenvalue weighted by Crippen LogP contribution is 2.28. The fourth-order valence-electron chi connectivity index (χ4n) is 3.83. The Morgan fingerprint density at radius 2 is 1.51 bits per heavy atom. The number of thioether (sulfide) groups is 1. The van der Waals surface area contributed by atoms with Gasteiger partial charge in [0.2, 0.25) is 11.8 Å². The van der Waals surface area contributed by atoms with Crippen molar-refractivity contribution in [3.05, 3.63) is 105 Å². The Morgan fingerprint density at radius 1 is 0.892 bits per heavy atom. The van der Waals surface area contributed by atoms with Crippen LogP contribution >= 0.6 is 46.6 Å². The van der Waals surface area contributed by atoms with E-state index >= 15 is 0 Å². The van der Waals surface area contributed by atoms with Gasteiger partial charge in [-0.2, -0.15) is 0 Å². The third kappa shape index (κ3) is 9.26. The molecule has 0 aliphatic rings. The molecule has 3 aromatic carbocycles. The lowest BCUT2D eigenvalue weighted by Crippen LogP contribution is -2.54. The van der Waals surface area contributed by atoms with Crippen molar-refractivity contribution in [3.8, 4) is 0 Å². The summed E-state index contributed by atoms with van der Waals surface area (Å²) in [6, 6.07) is 21.7. The van der Waals surface area contributed by atoms with E-state index < -0.39 is 11.6 Å². The maximum atomic E-state index is 13.7. The first-order valence-electron chi connectivity index (χ1n) is 11.9. The fourth-order valence-corrected chi connectivity index (χ4v) is 5.41. The van der Waals surface area contributed by atoms with Crippen LogP contribution in [0.15, 0.2) is 72.8 Å². The van der Waals surface area contributed by atoms with Gasteiger partial charge in [-0.15, -0.1) is 11.8 Å². The molecule has 3 rings (SSSR count). The van der Waals surface area contributed by atoms with Crippen LogP contribution in [0.2, 0.25) is 15.1 Å². The zero-order valence-corrected chi connectivity index (χ0v) is 24.2. The molecule has 1 atom stereocenters. The molecule has 0 saturated carbocycles. The maximum Gasteiger partial charge on any atom is 0.243 e. The fraction of sp³-hybridized carbons (Fsp3) is 0.310. The number of benzene rings is 3. The number of nitrogens with one attached hydrogen (secondary N) is 1. The van der Waals surface area contributed by atoms with E-state index in [2.05, 4.69) is 5.32 Å². The van der Waals surface area contributed by atoms with Crippen molar-refractivity contribution in [1.29, 1.82) is 0 Å². The Kier molecular flexibility index (Phi) is 10.8. The highest BCUT2D eigenvalue weighted by molar-refractivity contribution is 7.99. The van der Waals surface area contributed by atoms with Crippen LogP contribution in [0, 0.1) is 0 Å². The number of hydrogen-bond acceptors (Lipinski definition) is 3. The van der Waals surface area contributed by atoms with Crippen LogP contribution in [-0.4, -0.2) is 34.0 Å². The van der Waals surface area contributed by atoms with E-state index in [0.717, 1.165) is 11.1 Å². The summed E-state index contributed by atoms with van der Waals surface area (Å²) in [6.45, 7) is 5.87. The molecule has 2 amide bonds. The van der Waals surface area contributed by atoms with Gasteiger partial charge in [-0.05, 0) is 56.2 Å². The zero-order valence-electron chi connectivity index (χ0n) is 21.1. The lowest BCUT2D eigenvalue weighted by Gasteiger charge is -2.34. The van der Waals surface area contributed by atoms with Crippen molar-refractivity contribution in [2.75, 3.05) is 5.75 Å². The van der Waals surface area contributed by atoms with Gasteiger partial charge in [-0.1, -0.05) is 83.3 Å². The number of halogens is 3. The molecule has 0 spiro atoms. The molecular formula is C29H31Cl3N2O2S. The second-order valence-electron chi connectivity index (χ2n) is 9.79. The van der Waals surface area contributed by atoms with Crippen LogP contribution in [0.4, 0.5) is 0 Å². The van der Waals surface area contributed by atoms with Crippen molar-refractivity contribution >= 4 is 58.4 Å². The average molecular weight is 578 g/mol. The molecule has 0 aliphatic heterocycles. The lowest BCUT2D eigenvalue weighted by molar-refractivity contribution is -0.140. The molecule has 4 nitrogen and oxygen atoms in total. The smallest absolute Gasteiger partial charge is 0.243 e. The van der Waals surface area contributed by atoms with Gasteiger partial charge in [0.05, 0.1) is 5.75 Å². The van der Waals surface area contributed by atoms with Gasteiger partial charge in [0.1, 0.15) is 6.04 Å². The monoisotopic (exact) mass is 576 g/mol. The number of nitrogens with zero attached hydrogens (tertiary/aromatic N) is 1. The molecule has 0 radical (unpaired) electrons. The second-order valence-corrected chi connectivity index (χ2v) is 12.0. The molecule has 0 saturated heterocycles. The molecular weight excluding hydrogens is 547 g/mol. The van der Waals surface area contributed by atoms with Crippen molar-refractivity contribution in [1.82, 2.24) is 10.2 Å². The van der Waals surface area contributed by atoms with Gasteiger partial charge in [0.25, 0.3) is 0 Å². The van der Waals surface area contributed by atoms with Gasteiger partial charge in [0.15, 0.2) is 0 Å². The van der Waals surface area contributed by atoms with E-state index in [1.165, 1.54) is 11.8 Å². The minimum atomic E-state index is -0.756. The summed E-state index contributed by atoms with van der Waals surface area (Å²) in [4.78, 5) is 29.0. The standard InChI is InChI=1S/C29H31Cl3N2O2S/c1-29(2,3)33-28(36)26(16-20-9-5-4-6-10-20)34(17-23-24(31)13-8-14-25(23)32)27(35)19-37-18-21-11-7-12-22(30)15-21/h4-15,26H,16-19H2,1-3H3,(H,33,36)/t26-/m0/s1. The van der Waals surface area contributed by atoms with E-state index in [0.29, 0.717) is 32.8 Å². The SMILES string of the molecule is CC(C)(C)NC(=O)[C@H](Cc1ccccc1)N(Cc1c(Cl)cccc1Cl)C(=O)CSCc1cccc(Cl)c1. The first kappa shape index (κ1) is 29.4. The molecule has 0 unspecified atom stereocenters. The summed E-state index contributed by atoms with van der Waals surface area (Å²) in [5.74, 6) is 0.397. The highest BCUT2D eigenvalue weighted by Gasteiger charge is 2.32. The topological polar surface area (TPSA) is 49.4 Å². The van der Waals surface area contributed by atoms with Crippen LogP contribution in [0.1, 0.15) is 37.5 Å². The predicted molar refractivity (Wildman–Crippen MR) is 156 cm³/mol.